The van der Waals surface area contributed by atoms with E-state index in [-0.39, 0.29) is 6.61 Å². The molecule has 23 heavy (non-hydrogen) atoms. The summed E-state index contributed by atoms with van der Waals surface area (Å²) in [6, 6.07) is 19.3. The third kappa shape index (κ3) is 4.39. The maximum atomic E-state index is 9.95. The molecule has 1 aliphatic heterocycles. The summed E-state index contributed by atoms with van der Waals surface area (Å²) in [4.78, 5) is 5.25. The van der Waals surface area contributed by atoms with E-state index >= 15 is 0 Å². The molecule has 1 N–H and O–H groups in total. The van der Waals surface area contributed by atoms with Crippen molar-refractivity contribution in [2.45, 2.75) is 25.1 Å². The average Bonchev–Trinajstić information content (AvgIpc) is 2.62. The van der Waals surface area contributed by atoms with Crippen LogP contribution in [0.25, 0.3) is 0 Å². The molecular formula is C18H19NO4. The van der Waals surface area contributed by atoms with E-state index in [1.165, 1.54) is 6.21 Å². The van der Waals surface area contributed by atoms with Crippen molar-refractivity contribution in [3.63, 3.8) is 0 Å². The van der Waals surface area contributed by atoms with Crippen molar-refractivity contribution in [1.29, 1.82) is 0 Å². The molecule has 0 amide bonds. The number of ether oxygens (including phenoxy) is 2. The van der Waals surface area contributed by atoms with Crippen molar-refractivity contribution in [2.24, 2.45) is 5.16 Å². The summed E-state index contributed by atoms with van der Waals surface area (Å²) in [6.45, 7) is 0.563. The second kappa shape index (κ2) is 7.87. The smallest absolute Gasteiger partial charge is 0.184 e. The average molecular weight is 313 g/mol. The van der Waals surface area contributed by atoms with Crippen LogP contribution in [-0.2, 0) is 20.9 Å². The first-order valence-electron chi connectivity index (χ1n) is 7.52. The molecule has 0 aliphatic carbocycles. The van der Waals surface area contributed by atoms with Crippen LogP contribution >= 0.6 is 0 Å². The van der Waals surface area contributed by atoms with E-state index in [9.17, 15) is 5.11 Å². The van der Waals surface area contributed by atoms with Gasteiger partial charge in [-0.3, -0.25) is 0 Å². The molecule has 120 valence electrons. The monoisotopic (exact) mass is 313 g/mol. The molecule has 0 aromatic heterocycles. The third-order valence-electron chi connectivity index (χ3n) is 3.51. The van der Waals surface area contributed by atoms with E-state index in [1.807, 2.05) is 60.7 Å². The summed E-state index contributed by atoms with van der Waals surface area (Å²) in [7, 11) is 0. The van der Waals surface area contributed by atoms with Crippen molar-refractivity contribution in [1.82, 2.24) is 0 Å². The van der Waals surface area contributed by atoms with Crippen LogP contribution in [0.15, 0.2) is 65.8 Å². The first-order valence-corrected chi connectivity index (χ1v) is 7.52. The third-order valence-corrected chi connectivity index (χ3v) is 3.51. The van der Waals surface area contributed by atoms with Crippen LogP contribution in [0.2, 0.25) is 0 Å². The molecule has 0 spiro atoms. The Labute approximate surface area is 135 Å². The van der Waals surface area contributed by atoms with Crippen LogP contribution in [0.4, 0.5) is 0 Å². The topological polar surface area (TPSA) is 60.3 Å². The zero-order chi connectivity index (χ0) is 15.9. The Balaban J connectivity index is 1.54. The minimum atomic E-state index is -0.765. The Morgan fingerprint density at radius 1 is 1.09 bits per heavy atom. The zero-order valence-electron chi connectivity index (χ0n) is 12.6. The summed E-state index contributed by atoms with van der Waals surface area (Å²) in [6.07, 6.45) is -0.361. The van der Waals surface area contributed by atoms with Gasteiger partial charge in [-0.15, -0.1) is 0 Å². The molecule has 2 aromatic rings. The predicted molar refractivity (Wildman–Crippen MR) is 85.7 cm³/mol. The lowest BCUT2D eigenvalue weighted by Crippen LogP contribution is -2.41. The number of nitrogens with zero attached hydrogens (tertiary/aromatic N) is 1. The van der Waals surface area contributed by atoms with Crippen molar-refractivity contribution in [3.05, 3.63) is 71.8 Å². The van der Waals surface area contributed by atoms with Crippen molar-refractivity contribution >= 4 is 6.21 Å². The van der Waals surface area contributed by atoms with Gasteiger partial charge in [-0.05, 0) is 5.56 Å². The molecule has 1 heterocycles. The van der Waals surface area contributed by atoms with E-state index in [4.69, 9.17) is 14.3 Å². The molecule has 2 aromatic carbocycles. The lowest BCUT2D eigenvalue weighted by molar-refractivity contribution is -0.237. The number of hydrogen-bond donors (Lipinski definition) is 1. The van der Waals surface area contributed by atoms with Gasteiger partial charge < -0.3 is 19.4 Å². The summed E-state index contributed by atoms with van der Waals surface area (Å²) in [5, 5.41) is 13.9. The standard InChI is InChI=1S/C18H19NO4/c20-16-13-21-18(15-9-5-2-6-10-15)23-17(16)11-19-22-12-14-7-3-1-4-8-14/h1-11,16-18,20H,12-13H2/b19-11+/t16-,17-,18+/m1/s1. The van der Waals surface area contributed by atoms with Crippen molar-refractivity contribution in [3.8, 4) is 0 Å². The molecule has 5 heteroatoms. The normalized spacial score (nSPS) is 24.7. The van der Waals surface area contributed by atoms with Gasteiger partial charge in [0.2, 0.25) is 0 Å². The van der Waals surface area contributed by atoms with Crippen LogP contribution in [-0.4, -0.2) is 30.1 Å². The largest absolute Gasteiger partial charge is 0.391 e. The van der Waals surface area contributed by atoms with E-state index in [0.29, 0.717) is 6.61 Å². The Morgan fingerprint density at radius 2 is 1.78 bits per heavy atom. The molecule has 1 saturated heterocycles. The fourth-order valence-electron chi connectivity index (χ4n) is 2.26. The SMILES string of the molecule is O[C@@H]1CO[C@H](c2ccccc2)O[C@@H]1/C=N/OCc1ccccc1. The number of aliphatic hydroxyl groups is 1. The molecule has 0 saturated carbocycles. The minimum absolute atomic E-state index is 0.189. The highest BCUT2D eigenvalue weighted by atomic mass is 16.7. The highest BCUT2D eigenvalue weighted by molar-refractivity contribution is 5.63. The Hall–Kier alpha value is -2.21. The molecule has 0 bridgehead atoms. The van der Waals surface area contributed by atoms with Gasteiger partial charge in [-0.2, -0.15) is 0 Å². The van der Waals surface area contributed by atoms with E-state index in [1.54, 1.807) is 0 Å². The van der Waals surface area contributed by atoms with Crippen LogP contribution in [0.3, 0.4) is 0 Å². The lowest BCUT2D eigenvalue weighted by atomic mass is 10.1. The molecule has 3 rings (SSSR count). The zero-order valence-corrected chi connectivity index (χ0v) is 12.6. The molecule has 1 fully saturated rings. The number of benzene rings is 2. The number of oxime groups is 1. The van der Waals surface area contributed by atoms with Gasteiger partial charge in [0.25, 0.3) is 0 Å². The first-order chi connectivity index (χ1) is 11.3. The van der Waals surface area contributed by atoms with Crippen molar-refractivity contribution in [2.75, 3.05) is 6.61 Å². The predicted octanol–water partition coefficient (Wildman–Crippen LogP) is 2.66. The lowest BCUT2D eigenvalue weighted by Gasteiger charge is -2.31. The van der Waals surface area contributed by atoms with Crippen LogP contribution < -0.4 is 0 Å². The number of hydrogen-bond acceptors (Lipinski definition) is 5. The number of rotatable bonds is 5. The first kappa shape index (κ1) is 15.7. The second-order valence-corrected chi connectivity index (χ2v) is 5.26. The maximum Gasteiger partial charge on any atom is 0.184 e. The molecule has 0 radical (unpaired) electrons. The van der Waals surface area contributed by atoms with Gasteiger partial charge in [-0.1, -0.05) is 65.8 Å². The quantitative estimate of drug-likeness (QED) is 0.681. The summed E-state index contributed by atoms with van der Waals surface area (Å²) >= 11 is 0. The fourth-order valence-corrected chi connectivity index (χ4v) is 2.26. The van der Waals surface area contributed by atoms with Gasteiger partial charge in [0.05, 0.1) is 12.8 Å². The van der Waals surface area contributed by atoms with Crippen molar-refractivity contribution < 1.29 is 19.4 Å². The van der Waals surface area contributed by atoms with Gasteiger partial charge >= 0.3 is 0 Å². The summed E-state index contributed by atoms with van der Waals surface area (Å²) < 4.78 is 11.2. The maximum absolute atomic E-state index is 9.95. The van der Waals surface area contributed by atoms with Crippen LogP contribution in [0, 0.1) is 0 Å². The Morgan fingerprint density at radius 3 is 2.52 bits per heavy atom. The highest BCUT2D eigenvalue weighted by Crippen LogP contribution is 2.25. The van der Waals surface area contributed by atoms with Crippen LogP contribution in [0.1, 0.15) is 17.4 Å². The minimum Gasteiger partial charge on any atom is -0.391 e. The summed E-state index contributed by atoms with van der Waals surface area (Å²) in [5.74, 6) is 0. The fraction of sp³-hybridized carbons (Fsp3) is 0.278. The Kier molecular flexibility index (Phi) is 5.37. The van der Waals surface area contributed by atoms with Crippen LogP contribution in [0.5, 0.6) is 0 Å². The van der Waals surface area contributed by atoms with Gasteiger partial charge in [0.15, 0.2) is 6.29 Å². The van der Waals surface area contributed by atoms with E-state index in [2.05, 4.69) is 5.16 Å². The molecular weight excluding hydrogens is 294 g/mol. The number of aliphatic hydroxyl groups excluding tert-OH is 1. The Bertz CT molecular complexity index is 617. The molecule has 1 aliphatic rings. The van der Waals surface area contributed by atoms with Gasteiger partial charge in [0, 0.05) is 5.56 Å². The second-order valence-electron chi connectivity index (χ2n) is 5.26. The molecule has 0 unspecified atom stereocenters. The van der Waals surface area contributed by atoms with Gasteiger partial charge in [-0.25, -0.2) is 0 Å². The van der Waals surface area contributed by atoms with E-state index in [0.717, 1.165) is 11.1 Å². The molecule has 3 atom stereocenters. The molecule has 5 nitrogen and oxygen atoms in total. The summed E-state index contributed by atoms with van der Waals surface area (Å²) in [5.41, 5.74) is 1.93. The van der Waals surface area contributed by atoms with E-state index < -0.39 is 18.5 Å². The van der Waals surface area contributed by atoms with Gasteiger partial charge in [0.1, 0.15) is 18.8 Å². The highest BCUT2D eigenvalue weighted by Gasteiger charge is 2.30.